The minimum atomic E-state index is -0.203. The third-order valence-corrected chi connectivity index (χ3v) is 3.61. The van der Waals surface area contributed by atoms with E-state index in [9.17, 15) is 9.59 Å². The molecule has 0 aromatic carbocycles. The first-order chi connectivity index (χ1) is 11.1. The van der Waals surface area contributed by atoms with Gasteiger partial charge in [0.2, 0.25) is 5.91 Å². The number of hydrogen-bond acceptors (Lipinski definition) is 4. The number of anilines is 1. The fraction of sp³-hybridized carbons (Fsp3) is 0.176. The van der Waals surface area contributed by atoms with Crippen molar-refractivity contribution in [1.29, 1.82) is 0 Å². The molecule has 0 atom stereocenters. The number of nitrogens with one attached hydrogen (secondary N) is 1. The van der Waals surface area contributed by atoms with Crippen LogP contribution in [-0.2, 0) is 11.3 Å². The van der Waals surface area contributed by atoms with Crippen molar-refractivity contribution in [2.24, 2.45) is 0 Å². The highest BCUT2D eigenvalue weighted by Crippen LogP contribution is 2.17. The van der Waals surface area contributed by atoms with Crippen molar-refractivity contribution in [1.82, 2.24) is 14.5 Å². The van der Waals surface area contributed by atoms with Crippen molar-refractivity contribution < 1.29 is 4.79 Å². The van der Waals surface area contributed by atoms with E-state index in [0.29, 0.717) is 17.9 Å². The largest absolute Gasteiger partial charge is 0.312 e. The molecule has 0 aliphatic heterocycles. The first-order valence-corrected chi connectivity index (χ1v) is 7.31. The van der Waals surface area contributed by atoms with Gasteiger partial charge in [-0.25, -0.2) is 4.98 Å². The Morgan fingerprint density at radius 3 is 2.83 bits per heavy atom. The quantitative estimate of drug-likeness (QED) is 0.801. The van der Waals surface area contributed by atoms with Gasteiger partial charge in [0.25, 0.3) is 5.56 Å². The average Bonchev–Trinajstić information content (AvgIpc) is 2.55. The summed E-state index contributed by atoms with van der Waals surface area (Å²) < 4.78 is 1.58. The molecule has 6 heteroatoms. The highest BCUT2D eigenvalue weighted by molar-refractivity contribution is 5.98. The minimum Gasteiger partial charge on any atom is -0.312 e. The predicted octanol–water partition coefficient (Wildman–Crippen LogP) is 2.13. The molecule has 3 heterocycles. The second-order valence-electron chi connectivity index (χ2n) is 5.19. The maximum absolute atomic E-state index is 12.2. The van der Waals surface area contributed by atoms with E-state index in [-0.39, 0.29) is 17.9 Å². The van der Waals surface area contributed by atoms with E-state index in [1.165, 1.54) is 6.07 Å². The van der Waals surface area contributed by atoms with Crippen LogP contribution >= 0.6 is 0 Å². The van der Waals surface area contributed by atoms with Gasteiger partial charge < -0.3 is 9.88 Å². The zero-order valence-electron chi connectivity index (χ0n) is 12.7. The topological polar surface area (TPSA) is 76.9 Å². The second kappa shape index (κ2) is 6.39. The Hall–Kier alpha value is -3.02. The molecule has 0 fully saturated rings. The monoisotopic (exact) mass is 308 g/mol. The maximum atomic E-state index is 12.2. The molecule has 1 amide bonds. The fourth-order valence-electron chi connectivity index (χ4n) is 2.41. The molecule has 6 nitrogen and oxygen atoms in total. The van der Waals surface area contributed by atoms with Crippen molar-refractivity contribution >= 4 is 22.6 Å². The van der Waals surface area contributed by atoms with Crippen LogP contribution in [0.15, 0.2) is 53.6 Å². The molecular weight excluding hydrogens is 292 g/mol. The second-order valence-corrected chi connectivity index (χ2v) is 5.19. The van der Waals surface area contributed by atoms with E-state index in [1.807, 2.05) is 31.2 Å². The number of aryl methyl sites for hydroxylation is 1. The zero-order chi connectivity index (χ0) is 16.2. The van der Waals surface area contributed by atoms with Gasteiger partial charge in [0, 0.05) is 42.5 Å². The number of amides is 1. The minimum absolute atomic E-state index is 0.109. The molecular formula is C17H16N4O2. The number of fused-ring (bicyclic) bond motifs is 1. The number of aromatic nitrogens is 3. The molecule has 1 N–H and O–H groups in total. The van der Waals surface area contributed by atoms with Gasteiger partial charge in [0.1, 0.15) is 5.52 Å². The molecule has 3 aromatic heterocycles. The summed E-state index contributed by atoms with van der Waals surface area (Å²) in [4.78, 5) is 32.4. The Balaban J connectivity index is 1.73. The summed E-state index contributed by atoms with van der Waals surface area (Å²) in [6.45, 7) is 2.17. The number of pyridine rings is 3. The first-order valence-electron chi connectivity index (χ1n) is 7.31. The summed E-state index contributed by atoms with van der Waals surface area (Å²) >= 11 is 0. The fourth-order valence-corrected chi connectivity index (χ4v) is 2.41. The van der Waals surface area contributed by atoms with Gasteiger partial charge in [-0.1, -0.05) is 12.1 Å². The molecule has 0 saturated carbocycles. The SMILES string of the molecule is Cc1cccc(=O)n1CCC(=O)Nc1nccc2cccnc12. The van der Waals surface area contributed by atoms with Crippen LogP contribution in [0.2, 0.25) is 0 Å². The van der Waals surface area contributed by atoms with E-state index in [0.717, 1.165) is 11.1 Å². The Morgan fingerprint density at radius 2 is 2.00 bits per heavy atom. The lowest BCUT2D eigenvalue weighted by Gasteiger charge is -2.10. The van der Waals surface area contributed by atoms with Gasteiger partial charge in [-0.15, -0.1) is 0 Å². The van der Waals surface area contributed by atoms with Gasteiger partial charge in [-0.3, -0.25) is 14.6 Å². The molecule has 0 radical (unpaired) electrons. The Bertz CT molecular complexity index is 912. The van der Waals surface area contributed by atoms with Crippen LogP contribution in [-0.4, -0.2) is 20.4 Å². The summed E-state index contributed by atoms with van der Waals surface area (Å²) in [7, 11) is 0. The van der Waals surface area contributed by atoms with Crippen molar-refractivity contribution in [3.05, 3.63) is 64.8 Å². The number of carbonyl (C=O) groups is 1. The molecule has 0 saturated heterocycles. The molecule has 0 unspecified atom stereocenters. The highest BCUT2D eigenvalue weighted by Gasteiger charge is 2.09. The summed E-state index contributed by atoms with van der Waals surface area (Å²) in [6, 6.07) is 10.6. The van der Waals surface area contributed by atoms with Gasteiger partial charge >= 0.3 is 0 Å². The number of nitrogens with zero attached hydrogens (tertiary/aromatic N) is 3. The molecule has 0 aliphatic carbocycles. The Kier molecular flexibility index (Phi) is 4.14. The van der Waals surface area contributed by atoms with Crippen molar-refractivity contribution in [3.8, 4) is 0 Å². The number of carbonyl (C=O) groups excluding carboxylic acids is 1. The standard InChI is InChI=1S/C17H16N4O2/c1-12-4-2-6-15(23)21(12)11-8-14(22)20-17-16-13(7-10-19-17)5-3-9-18-16/h2-7,9-10H,8,11H2,1H3,(H,19,20,22). The summed E-state index contributed by atoms with van der Waals surface area (Å²) in [5.74, 6) is 0.232. The van der Waals surface area contributed by atoms with E-state index < -0.39 is 0 Å². The predicted molar refractivity (Wildman–Crippen MR) is 88.2 cm³/mol. The van der Waals surface area contributed by atoms with Gasteiger partial charge in [0.05, 0.1) is 0 Å². The normalized spacial score (nSPS) is 10.7. The van der Waals surface area contributed by atoms with Crippen LogP contribution in [0.5, 0.6) is 0 Å². The first kappa shape index (κ1) is 14.9. The third-order valence-electron chi connectivity index (χ3n) is 3.61. The molecule has 0 bridgehead atoms. The summed E-state index contributed by atoms with van der Waals surface area (Å²) in [6.07, 6.45) is 3.48. The third kappa shape index (κ3) is 3.26. The van der Waals surface area contributed by atoms with Gasteiger partial charge in [0.15, 0.2) is 5.82 Å². The molecule has 23 heavy (non-hydrogen) atoms. The van der Waals surface area contributed by atoms with E-state index in [1.54, 1.807) is 23.0 Å². The van der Waals surface area contributed by atoms with Crippen LogP contribution in [0.4, 0.5) is 5.82 Å². The van der Waals surface area contributed by atoms with Crippen LogP contribution in [0.1, 0.15) is 12.1 Å². The molecule has 0 aliphatic rings. The lowest BCUT2D eigenvalue weighted by atomic mass is 10.2. The summed E-state index contributed by atoms with van der Waals surface area (Å²) in [5.41, 5.74) is 1.37. The van der Waals surface area contributed by atoms with Crippen molar-refractivity contribution in [3.63, 3.8) is 0 Å². The van der Waals surface area contributed by atoms with Crippen LogP contribution < -0.4 is 10.9 Å². The Morgan fingerprint density at radius 1 is 1.13 bits per heavy atom. The lowest BCUT2D eigenvalue weighted by molar-refractivity contribution is -0.116. The number of hydrogen-bond donors (Lipinski definition) is 1. The van der Waals surface area contributed by atoms with E-state index in [2.05, 4.69) is 15.3 Å². The maximum Gasteiger partial charge on any atom is 0.250 e. The van der Waals surface area contributed by atoms with Gasteiger partial charge in [-0.2, -0.15) is 0 Å². The molecule has 3 aromatic rings. The highest BCUT2D eigenvalue weighted by atomic mass is 16.2. The molecule has 3 rings (SSSR count). The lowest BCUT2D eigenvalue weighted by Crippen LogP contribution is -2.24. The van der Waals surface area contributed by atoms with Crippen LogP contribution in [0.3, 0.4) is 0 Å². The van der Waals surface area contributed by atoms with E-state index in [4.69, 9.17) is 0 Å². The molecule has 0 spiro atoms. The van der Waals surface area contributed by atoms with Crippen LogP contribution in [0.25, 0.3) is 10.9 Å². The molecule has 116 valence electrons. The zero-order valence-corrected chi connectivity index (χ0v) is 12.7. The smallest absolute Gasteiger partial charge is 0.250 e. The van der Waals surface area contributed by atoms with Crippen molar-refractivity contribution in [2.45, 2.75) is 19.9 Å². The average molecular weight is 308 g/mol. The Labute approximate surface area is 132 Å². The van der Waals surface area contributed by atoms with E-state index >= 15 is 0 Å². The van der Waals surface area contributed by atoms with Crippen molar-refractivity contribution in [2.75, 3.05) is 5.32 Å². The van der Waals surface area contributed by atoms with Gasteiger partial charge in [-0.05, 0) is 25.1 Å². The number of rotatable bonds is 4. The summed E-state index contributed by atoms with van der Waals surface area (Å²) in [5, 5.41) is 3.68. The van der Waals surface area contributed by atoms with Crippen LogP contribution in [0, 0.1) is 6.92 Å².